The zero-order valence-corrected chi connectivity index (χ0v) is 16.2. The van der Waals surface area contributed by atoms with Gasteiger partial charge in [0, 0.05) is 49.0 Å². The fourth-order valence-corrected chi connectivity index (χ4v) is 3.12. The molecule has 0 atom stereocenters. The molecule has 0 N–H and O–H groups in total. The third kappa shape index (κ3) is 3.48. The summed E-state index contributed by atoms with van der Waals surface area (Å²) >= 11 is 0. The summed E-state index contributed by atoms with van der Waals surface area (Å²) in [5.41, 5.74) is 2.73. The molecule has 3 heterocycles. The number of hydrogen-bond acceptors (Lipinski definition) is 6. The van der Waals surface area contributed by atoms with Crippen LogP contribution in [0.1, 0.15) is 43.4 Å². The van der Waals surface area contributed by atoms with Gasteiger partial charge in [-0.1, -0.05) is 20.8 Å². The van der Waals surface area contributed by atoms with E-state index in [2.05, 4.69) is 55.5 Å². The molecular weight excluding hydrogens is 324 g/mol. The third-order valence-corrected chi connectivity index (χ3v) is 4.82. The van der Waals surface area contributed by atoms with Gasteiger partial charge < -0.3 is 9.80 Å². The Morgan fingerprint density at radius 3 is 2.19 bits per heavy atom. The van der Waals surface area contributed by atoms with Crippen LogP contribution in [0.5, 0.6) is 0 Å². The number of hydrogen-bond donors (Lipinski definition) is 0. The quantitative estimate of drug-likeness (QED) is 0.829. The first kappa shape index (κ1) is 18.1. The lowest BCUT2D eigenvalue weighted by molar-refractivity contribution is 0.538. The van der Waals surface area contributed by atoms with Crippen LogP contribution in [0.4, 0.5) is 11.6 Å². The van der Waals surface area contributed by atoms with Crippen molar-refractivity contribution >= 4 is 11.6 Å². The second-order valence-electron chi connectivity index (χ2n) is 7.79. The number of pyridine rings is 1. The maximum Gasteiger partial charge on any atom is 0.146 e. The normalized spacial score (nSPS) is 15.1. The molecule has 0 unspecified atom stereocenters. The molecule has 136 valence electrons. The molecule has 2 aromatic heterocycles. The van der Waals surface area contributed by atoms with Crippen molar-refractivity contribution in [2.24, 2.45) is 0 Å². The lowest BCUT2D eigenvalue weighted by Gasteiger charge is -2.37. The van der Waals surface area contributed by atoms with Crippen LogP contribution >= 0.6 is 0 Å². The van der Waals surface area contributed by atoms with Gasteiger partial charge in [-0.3, -0.25) is 0 Å². The highest BCUT2D eigenvalue weighted by Crippen LogP contribution is 2.27. The molecule has 0 aromatic carbocycles. The second-order valence-corrected chi connectivity index (χ2v) is 7.79. The number of aromatic nitrogens is 3. The molecule has 0 bridgehead atoms. The smallest absolute Gasteiger partial charge is 0.146 e. The van der Waals surface area contributed by atoms with Gasteiger partial charge in [0.05, 0.1) is 5.56 Å². The van der Waals surface area contributed by atoms with Gasteiger partial charge in [0.25, 0.3) is 0 Å². The Kier molecular flexibility index (Phi) is 4.82. The number of rotatable bonds is 2. The highest BCUT2D eigenvalue weighted by atomic mass is 15.3. The van der Waals surface area contributed by atoms with E-state index in [4.69, 9.17) is 9.97 Å². The summed E-state index contributed by atoms with van der Waals surface area (Å²) in [6.45, 7) is 13.9. The van der Waals surface area contributed by atoms with Crippen molar-refractivity contribution in [2.45, 2.75) is 40.0 Å². The summed E-state index contributed by atoms with van der Waals surface area (Å²) in [5, 5.41) is 9.31. The van der Waals surface area contributed by atoms with E-state index in [0.717, 1.165) is 54.9 Å². The summed E-state index contributed by atoms with van der Waals surface area (Å²) in [7, 11) is 0. The maximum absolute atomic E-state index is 9.31. The highest BCUT2D eigenvalue weighted by molar-refractivity contribution is 5.56. The SMILES string of the molecule is Cc1nc(C(C)(C)C)nc(N2CCN(c3ncccc3C#N)CC2)c1C. The predicted octanol–water partition coefficient (Wildman–Crippen LogP) is 2.98. The van der Waals surface area contributed by atoms with Gasteiger partial charge in [0.1, 0.15) is 23.5 Å². The Morgan fingerprint density at radius 2 is 1.62 bits per heavy atom. The average Bonchev–Trinajstić information content (AvgIpc) is 2.63. The Balaban J connectivity index is 1.82. The standard InChI is InChI=1S/C20H26N6/c1-14-15(2)23-19(20(3,4)5)24-17(14)25-9-11-26(12-10-25)18-16(13-21)7-6-8-22-18/h6-8H,9-12H2,1-5H3. The lowest BCUT2D eigenvalue weighted by Crippen LogP contribution is -2.47. The maximum atomic E-state index is 9.31. The van der Waals surface area contributed by atoms with Crippen molar-refractivity contribution in [2.75, 3.05) is 36.0 Å². The van der Waals surface area contributed by atoms with Gasteiger partial charge in [-0.15, -0.1) is 0 Å². The first-order valence-electron chi connectivity index (χ1n) is 9.02. The van der Waals surface area contributed by atoms with Crippen LogP contribution in [0.25, 0.3) is 0 Å². The van der Waals surface area contributed by atoms with Crippen LogP contribution < -0.4 is 9.80 Å². The van der Waals surface area contributed by atoms with E-state index in [1.165, 1.54) is 0 Å². The minimum Gasteiger partial charge on any atom is -0.353 e. The Morgan fingerprint density at radius 1 is 1.00 bits per heavy atom. The van der Waals surface area contributed by atoms with Crippen LogP contribution in [-0.4, -0.2) is 41.1 Å². The average molecular weight is 350 g/mol. The van der Waals surface area contributed by atoms with Gasteiger partial charge in [-0.2, -0.15) is 5.26 Å². The van der Waals surface area contributed by atoms with Crippen LogP contribution in [0.15, 0.2) is 18.3 Å². The molecule has 1 aliphatic heterocycles. The summed E-state index contributed by atoms with van der Waals surface area (Å²) in [6, 6.07) is 5.86. The molecule has 3 rings (SSSR count). The van der Waals surface area contributed by atoms with Crippen LogP contribution in [0.3, 0.4) is 0 Å². The van der Waals surface area contributed by atoms with Gasteiger partial charge in [-0.05, 0) is 26.0 Å². The van der Waals surface area contributed by atoms with Crippen molar-refractivity contribution in [3.8, 4) is 6.07 Å². The summed E-state index contributed by atoms with van der Waals surface area (Å²) in [5.74, 6) is 2.69. The fourth-order valence-electron chi connectivity index (χ4n) is 3.12. The number of nitriles is 1. The fraction of sp³-hybridized carbons (Fsp3) is 0.500. The molecule has 0 radical (unpaired) electrons. The number of anilines is 2. The van der Waals surface area contributed by atoms with Crippen molar-refractivity contribution < 1.29 is 0 Å². The van der Waals surface area contributed by atoms with Crippen LogP contribution in [0, 0.1) is 25.2 Å². The van der Waals surface area contributed by atoms with Crippen molar-refractivity contribution in [1.82, 2.24) is 15.0 Å². The molecule has 26 heavy (non-hydrogen) atoms. The lowest BCUT2D eigenvalue weighted by atomic mass is 9.95. The van der Waals surface area contributed by atoms with E-state index in [9.17, 15) is 5.26 Å². The van der Waals surface area contributed by atoms with Gasteiger partial charge in [-0.25, -0.2) is 15.0 Å². The molecule has 6 nitrogen and oxygen atoms in total. The number of aryl methyl sites for hydroxylation is 1. The minimum absolute atomic E-state index is 0.0787. The van der Waals surface area contributed by atoms with Crippen molar-refractivity contribution in [3.63, 3.8) is 0 Å². The Labute approximate surface area is 155 Å². The van der Waals surface area contributed by atoms with E-state index in [-0.39, 0.29) is 5.41 Å². The molecule has 6 heteroatoms. The van der Waals surface area contributed by atoms with E-state index < -0.39 is 0 Å². The first-order valence-corrected chi connectivity index (χ1v) is 9.02. The molecule has 1 aliphatic rings. The predicted molar refractivity (Wildman–Crippen MR) is 104 cm³/mol. The zero-order chi connectivity index (χ0) is 18.9. The molecule has 1 saturated heterocycles. The monoisotopic (exact) mass is 350 g/mol. The largest absolute Gasteiger partial charge is 0.353 e. The molecular formula is C20H26N6. The van der Waals surface area contributed by atoms with Crippen molar-refractivity contribution in [1.29, 1.82) is 5.26 Å². The van der Waals surface area contributed by atoms with Gasteiger partial charge in [0.2, 0.25) is 0 Å². The van der Waals surface area contributed by atoms with Crippen LogP contribution in [0.2, 0.25) is 0 Å². The molecule has 1 fully saturated rings. The number of piperazine rings is 1. The van der Waals surface area contributed by atoms with E-state index in [1.807, 2.05) is 6.07 Å². The summed E-state index contributed by atoms with van der Waals surface area (Å²) in [6.07, 6.45) is 1.75. The Hall–Kier alpha value is -2.68. The summed E-state index contributed by atoms with van der Waals surface area (Å²) in [4.78, 5) is 18.5. The van der Waals surface area contributed by atoms with Gasteiger partial charge >= 0.3 is 0 Å². The number of nitrogens with zero attached hydrogens (tertiary/aromatic N) is 6. The van der Waals surface area contributed by atoms with Crippen molar-refractivity contribution in [3.05, 3.63) is 41.0 Å². The third-order valence-electron chi connectivity index (χ3n) is 4.82. The van der Waals surface area contributed by atoms with E-state index >= 15 is 0 Å². The highest BCUT2D eigenvalue weighted by Gasteiger charge is 2.25. The molecule has 2 aromatic rings. The van der Waals surface area contributed by atoms with E-state index in [1.54, 1.807) is 12.3 Å². The minimum atomic E-state index is -0.0787. The molecule has 0 spiro atoms. The molecule has 0 aliphatic carbocycles. The van der Waals surface area contributed by atoms with Crippen LogP contribution in [-0.2, 0) is 5.41 Å². The van der Waals surface area contributed by atoms with E-state index in [0.29, 0.717) is 5.56 Å². The summed E-state index contributed by atoms with van der Waals surface area (Å²) < 4.78 is 0. The first-order chi connectivity index (χ1) is 12.3. The molecule has 0 amide bonds. The van der Waals surface area contributed by atoms with Gasteiger partial charge in [0.15, 0.2) is 0 Å². The molecule has 0 saturated carbocycles. The second kappa shape index (κ2) is 6.91. The Bertz CT molecular complexity index is 838. The topological polar surface area (TPSA) is 68.9 Å². The zero-order valence-electron chi connectivity index (χ0n) is 16.2.